The van der Waals surface area contributed by atoms with E-state index >= 15 is 0 Å². The molecule has 1 unspecified atom stereocenters. The highest BCUT2D eigenvalue weighted by atomic mass is 15.3. The molecule has 2 rings (SSSR count). The number of hydrogen-bond acceptors (Lipinski definition) is 3. The zero-order valence-corrected chi connectivity index (χ0v) is 11.0. The number of aromatic nitrogens is 4. The Morgan fingerprint density at radius 1 is 1.18 bits per heavy atom. The van der Waals surface area contributed by atoms with Gasteiger partial charge in [-0.2, -0.15) is 10.2 Å². The molecule has 0 fully saturated rings. The van der Waals surface area contributed by atoms with Gasteiger partial charge in [0.05, 0.1) is 28.8 Å². The summed E-state index contributed by atoms with van der Waals surface area (Å²) in [6.45, 7) is 10.1. The lowest BCUT2D eigenvalue weighted by Gasteiger charge is -2.15. The van der Waals surface area contributed by atoms with Crippen LogP contribution in [0.1, 0.15) is 41.3 Å². The van der Waals surface area contributed by atoms with Gasteiger partial charge in [-0.15, -0.1) is 0 Å². The molecule has 0 saturated carbocycles. The van der Waals surface area contributed by atoms with Gasteiger partial charge in [0.15, 0.2) is 0 Å². The SMILES string of the molecule is Cc1nn(C(C)c2c(C)n[nH]c2C)c(C)c1N. The van der Waals surface area contributed by atoms with Crippen LogP contribution in [-0.2, 0) is 0 Å². The second-order valence-electron chi connectivity index (χ2n) is 4.55. The van der Waals surface area contributed by atoms with Crippen molar-refractivity contribution in [3.05, 3.63) is 28.3 Å². The lowest BCUT2D eigenvalue weighted by atomic mass is 10.1. The first kappa shape index (κ1) is 11.7. The summed E-state index contributed by atoms with van der Waals surface area (Å²) in [4.78, 5) is 0. The molecule has 0 spiro atoms. The summed E-state index contributed by atoms with van der Waals surface area (Å²) in [5.41, 5.74) is 11.9. The largest absolute Gasteiger partial charge is 0.396 e. The third-order valence-electron chi connectivity index (χ3n) is 3.35. The Bertz CT molecular complexity index is 530. The summed E-state index contributed by atoms with van der Waals surface area (Å²) in [7, 11) is 0. The zero-order chi connectivity index (χ0) is 12.7. The molecule has 0 bridgehead atoms. The van der Waals surface area contributed by atoms with E-state index in [1.165, 1.54) is 5.56 Å². The number of hydrogen-bond donors (Lipinski definition) is 2. The van der Waals surface area contributed by atoms with Crippen LogP contribution in [0.3, 0.4) is 0 Å². The van der Waals surface area contributed by atoms with Gasteiger partial charge in [0.1, 0.15) is 0 Å². The molecule has 5 heteroatoms. The number of anilines is 1. The zero-order valence-electron chi connectivity index (χ0n) is 11.0. The molecule has 5 nitrogen and oxygen atoms in total. The number of aryl methyl sites for hydroxylation is 3. The summed E-state index contributed by atoms with van der Waals surface area (Å²) in [5.74, 6) is 0. The van der Waals surface area contributed by atoms with Crippen molar-refractivity contribution >= 4 is 5.69 Å². The first-order valence-electron chi connectivity index (χ1n) is 5.76. The first-order chi connectivity index (χ1) is 7.93. The molecule has 2 aromatic rings. The smallest absolute Gasteiger partial charge is 0.0826 e. The maximum atomic E-state index is 5.96. The van der Waals surface area contributed by atoms with E-state index in [2.05, 4.69) is 22.2 Å². The molecule has 1 atom stereocenters. The summed E-state index contributed by atoms with van der Waals surface area (Å²) < 4.78 is 1.97. The van der Waals surface area contributed by atoms with Crippen molar-refractivity contribution in [1.82, 2.24) is 20.0 Å². The molecular formula is C12H19N5. The van der Waals surface area contributed by atoms with Crippen LogP contribution in [0.5, 0.6) is 0 Å². The van der Waals surface area contributed by atoms with Crippen LogP contribution in [0.15, 0.2) is 0 Å². The van der Waals surface area contributed by atoms with Gasteiger partial charge in [0.25, 0.3) is 0 Å². The highest BCUT2D eigenvalue weighted by Crippen LogP contribution is 2.26. The van der Waals surface area contributed by atoms with Crippen LogP contribution in [0.2, 0.25) is 0 Å². The summed E-state index contributed by atoms with van der Waals surface area (Å²) >= 11 is 0. The molecular weight excluding hydrogens is 214 g/mol. The van der Waals surface area contributed by atoms with E-state index in [1.54, 1.807) is 0 Å². The van der Waals surface area contributed by atoms with Crippen molar-refractivity contribution in [2.75, 3.05) is 5.73 Å². The van der Waals surface area contributed by atoms with Gasteiger partial charge in [-0.3, -0.25) is 9.78 Å². The minimum atomic E-state index is 0.143. The average molecular weight is 233 g/mol. The van der Waals surface area contributed by atoms with Crippen LogP contribution >= 0.6 is 0 Å². The lowest BCUT2D eigenvalue weighted by molar-refractivity contribution is 0.542. The quantitative estimate of drug-likeness (QED) is 0.833. The van der Waals surface area contributed by atoms with E-state index < -0.39 is 0 Å². The molecule has 3 N–H and O–H groups in total. The van der Waals surface area contributed by atoms with Crippen LogP contribution in [0.25, 0.3) is 0 Å². The third kappa shape index (κ3) is 1.71. The van der Waals surface area contributed by atoms with Crippen LogP contribution in [-0.4, -0.2) is 20.0 Å². The Balaban J connectivity index is 2.51. The number of nitrogens with one attached hydrogen (secondary N) is 1. The molecule has 0 radical (unpaired) electrons. The lowest BCUT2D eigenvalue weighted by Crippen LogP contribution is -2.12. The number of aromatic amines is 1. The number of H-pyrrole nitrogens is 1. The van der Waals surface area contributed by atoms with Crippen molar-refractivity contribution in [1.29, 1.82) is 0 Å². The van der Waals surface area contributed by atoms with Crippen LogP contribution < -0.4 is 5.73 Å². The van der Waals surface area contributed by atoms with Crippen molar-refractivity contribution in [2.45, 2.75) is 40.7 Å². The van der Waals surface area contributed by atoms with Crippen molar-refractivity contribution in [3.63, 3.8) is 0 Å². The molecule has 2 heterocycles. The van der Waals surface area contributed by atoms with Crippen LogP contribution in [0, 0.1) is 27.7 Å². The minimum absolute atomic E-state index is 0.143. The molecule has 0 aromatic carbocycles. The fourth-order valence-electron chi connectivity index (χ4n) is 2.35. The minimum Gasteiger partial charge on any atom is -0.396 e. The normalized spacial score (nSPS) is 13.0. The standard InChI is InChI=1S/C12H19N5/c1-6-11(7(2)15-14-6)9(4)17-10(5)12(13)8(3)16-17/h9H,13H2,1-5H3,(H,14,15). The van der Waals surface area contributed by atoms with Gasteiger partial charge >= 0.3 is 0 Å². The Labute approximate surface area is 101 Å². The highest BCUT2D eigenvalue weighted by molar-refractivity contribution is 5.47. The number of rotatable bonds is 2. The maximum absolute atomic E-state index is 5.96. The van der Waals surface area contributed by atoms with Gasteiger partial charge in [-0.25, -0.2) is 0 Å². The Morgan fingerprint density at radius 3 is 2.24 bits per heavy atom. The van der Waals surface area contributed by atoms with E-state index in [0.29, 0.717) is 0 Å². The van der Waals surface area contributed by atoms with Crippen molar-refractivity contribution in [2.24, 2.45) is 0 Å². The fraction of sp³-hybridized carbons (Fsp3) is 0.500. The summed E-state index contributed by atoms with van der Waals surface area (Å²) in [6.07, 6.45) is 0. The van der Waals surface area contributed by atoms with E-state index in [0.717, 1.165) is 28.5 Å². The maximum Gasteiger partial charge on any atom is 0.0826 e. The van der Waals surface area contributed by atoms with E-state index in [1.807, 2.05) is 32.4 Å². The third-order valence-corrected chi connectivity index (χ3v) is 3.35. The second-order valence-corrected chi connectivity index (χ2v) is 4.55. The second kappa shape index (κ2) is 3.91. The molecule has 0 saturated heterocycles. The fourth-order valence-corrected chi connectivity index (χ4v) is 2.35. The molecule has 0 amide bonds. The van der Waals surface area contributed by atoms with E-state index in [9.17, 15) is 0 Å². The Kier molecular flexibility index (Phi) is 2.69. The molecule has 2 aromatic heterocycles. The molecule has 0 aliphatic carbocycles. The summed E-state index contributed by atoms with van der Waals surface area (Å²) in [5, 5.41) is 11.7. The van der Waals surface area contributed by atoms with E-state index in [-0.39, 0.29) is 6.04 Å². The number of nitrogens with zero attached hydrogens (tertiary/aromatic N) is 3. The van der Waals surface area contributed by atoms with Crippen molar-refractivity contribution in [3.8, 4) is 0 Å². The average Bonchev–Trinajstić information content (AvgIpc) is 2.73. The molecule has 17 heavy (non-hydrogen) atoms. The van der Waals surface area contributed by atoms with Gasteiger partial charge in [-0.05, 0) is 34.6 Å². The number of nitrogens with two attached hydrogens (primary N) is 1. The van der Waals surface area contributed by atoms with Gasteiger partial charge < -0.3 is 5.73 Å². The predicted molar refractivity (Wildman–Crippen MR) is 68.0 cm³/mol. The molecule has 0 aliphatic rings. The summed E-state index contributed by atoms with van der Waals surface area (Å²) in [6, 6.07) is 0.143. The molecule has 92 valence electrons. The van der Waals surface area contributed by atoms with Gasteiger partial charge in [-0.1, -0.05) is 0 Å². The van der Waals surface area contributed by atoms with E-state index in [4.69, 9.17) is 5.73 Å². The molecule has 0 aliphatic heterocycles. The highest BCUT2D eigenvalue weighted by Gasteiger charge is 2.20. The van der Waals surface area contributed by atoms with Crippen molar-refractivity contribution < 1.29 is 0 Å². The topological polar surface area (TPSA) is 72.5 Å². The Morgan fingerprint density at radius 2 is 1.82 bits per heavy atom. The monoisotopic (exact) mass is 233 g/mol. The predicted octanol–water partition coefficient (Wildman–Crippen LogP) is 2.03. The van der Waals surface area contributed by atoms with Crippen LogP contribution in [0.4, 0.5) is 5.69 Å². The Hall–Kier alpha value is -1.78. The number of nitrogen functional groups attached to an aromatic ring is 1. The van der Waals surface area contributed by atoms with Gasteiger partial charge in [0.2, 0.25) is 0 Å². The first-order valence-corrected chi connectivity index (χ1v) is 5.76. The van der Waals surface area contributed by atoms with Gasteiger partial charge in [0, 0.05) is 11.3 Å².